The lowest BCUT2D eigenvalue weighted by Crippen LogP contribution is -2.37. The Morgan fingerprint density at radius 3 is 2.61 bits per heavy atom. The third kappa shape index (κ3) is 6.20. The van der Waals surface area contributed by atoms with Crippen LogP contribution >= 0.6 is 23.5 Å². The minimum absolute atomic E-state index is 0.174. The highest BCUT2D eigenvalue weighted by Crippen LogP contribution is 2.29. The van der Waals surface area contributed by atoms with E-state index in [-0.39, 0.29) is 5.92 Å². The second kappa shape index (κ2) is 12.1. The molecule has 1 fully saturated rings. The van der Waals surface area contributed by atoms with Gasteiger partial charge in [-0.2, -0.15) is 0 Å². The van der Waals surface area contributed by atoms with Crippen molar-refractivity contribution in [2.24, 2.45) is 5.92 Å². The minimum Gasteiger partial charge on any atom is -0.333 e. The van der Waals surface area contributed by atoms with Crippen LogP contribution in [0.15, 0.2) is 76.9 Å². The predicted octanol–water partition coefficient (Wildman–Crippen LogP) is 6.64. The van der Waals surface area contributed by atoms with Crippen LogP contribution in [0.2, 0.25) is 0 Å². The van der Waals surface area contributed by atoms with Crippen LogP contribution in [0.1, 0.15) is 40.9 Å². The summed E-state index contributed by atoms with van der Waals surface area (Å²) in [6.45, 7) is 5.31. The van der Waals surface area contributed by atoms with Gasteiger partial charge in [0.05, 0.1) is 16.7 Å². The molecule has 0 amide bonds. The summed E-state index contributed by atoms with van der Waals surface area (Å²) in [7, 11) is 0. The number of ketones is 1. The van der Waals surface area contributed by atoms with Crippen LogP contribution in [0.3, 0.4) is 0 Å². The molecule has 7 heteroatoms. The van der Waals surface area contributed by atoms with Gasteiger partial charge < -0.3 is 9.88 Å². The van der Waals surface area contributed by atoms with Gasteiger partial charge in [-0.25, -0.2) is 4.98 Å². The van der Waals surface area contributed by atoms with Crippen molar-refractivity contribution in [1.29, 1.82) is 0 Å². The van der Waals surface area contributed by atoms with Gasteiger partial charge in [-0.15, -0.1) is 11.8 Å². The molecule has 1 saturated heterocycles. The van der Waals surface area contributed by atoms with E-state index in [2.05, 4.69) is 38.9 Å². The number of imidazole rings is 1. The van der Waals surface area contributed by atoms with Crippen LogP contribution in [0.5, 0.6) is 0 Å². The van der Waals surface area contributed by atoms with Gasteiger partial charge in [0.1, 0.15) is 0 Å². The number of hydrogen-bond acceptors (Lipinski definition) is 6. The zero-order chi connectivity index (χ0) is 24.7. The zero-order valence-corrected chi connectivity index (χ0v) is 22.3. The molecule has 0 bridgehead atoms. The molecule has 2 aromatic heterocycles. The Morgan fingerprint density at radius 2 is 1.81 bits per heavy atom. The fourth-order valence-corrected chi connectivity index (χ4v) is 6.62. The first kappa shape index (κ1) is 25.1. The molecule has 186 valence electrons. The summed E-state index contributed by atoms with van der Waals surface area (Å²) in [6.07, 6.45) is 5.01. The number of benzene rings is 2. The molecule has 1 aliphatic rings. The Balaban J connectivity index is 1.05. The lowest BCUT2D eigenvalue weighted by Gasteiger charge is -2.31. The van der Waals surface area contributed by atoms with Crippen LogP contribution in [0, 0.1) is 12.8 Å². The topological polar surface area (TPSA) is 61.9 Å². The number of hydrogen-bond donors (Lipinski definition) is 1. The van der Waals surface area contributed by atoms with Crippen molar-refractivity contribution in [2.45, 2.75) is 42.0 Å². The number of Topliss-reactive ketones (excluding diaryl/α,β-unsaturated/α-hetero) is 1. The molecule has 1 N–H and O–H groups in total. The number of piperidine rings is 1. The second-order valence-corrected chi connectivity index (χ2v) is 11.4. The zero-order valence-electron chi connectivity index (χ0n) is 20.7. The number of nitrogens with zero attached hydrogens (tertiary/aromatic N) is 3. The molecule has 0 unspecified atom stereocenters. The molecule has 0 aliphatic carbocycles. The van der Waals surface area contributed by atoms with Crippen molar-refractivity contribution in [3.63, 3.8) is 0 Å². The molecular formula is C29H32N4OS2. The summed E-state index contributed by atoms with van der Waals surface area (Å²) in [4.78, 5) is 29.2. The van der Waals surface area contributed by atoms with Crippen LogP contribution < -0.4 is 0 Å². The van der Waals surface area contributed by atoms with Crippen LogP contribution in [0.4, 0.5) is 0 Å². The van der Waals surface area contributed by atoms with E-state index in [0.717, 1.165) is 77.8 Å². The molecule has 0 radical (unpaired) electrons. The number of pyridine rings is 1. The SMILES string of the molecule is Cc1c(SCCCN2CCC(C(=O)c3ccccc3)CC2)ccnc1CSc1nc2ccccc2[nH]1. The summed E-state index contributed by atoms with van der Waals surface area (Å²) in [5, 5.41) is 0.935. The highest BCUT2D eigenvalue weighted by Gasteiger charge is 2.25. The number of para-hydroxylation sites is 2. The second-order valence-electron chi connectivity index (χ2n) is 9.28. The smallest absolute Gasteiger partial charge is 0.166 e. The van der Waals surface area contributed by atoms with Gasteiger partial charge in [-0.05, 0) is 75.3 Å². The first-order valence-corrected chi connectivity index (χ1v) is 14.6. The van der Waals surface area contributed by atoms with Crippen LogP contribution in [0.25, 0.3) is 11.0 Å². The van der Waals surface area contributed by atoms with Gasteiger partial charge in [0.2, 0.25) is 0 Å². The van der Waals surface area contributed by atoms with E-state index >= 15 is 0 Å². The monoisotopic (exact) mass is 516 g/mol. The normalized spacial score (nSPS) is 14.9. The number of likely N-dealkylation sites (tertiary alicyclic amines) is 1. The van der Waals surface area contributed by atoms with Gasteiger partial charge in [-0.1, -0.05) is 54.2 Å². The quantitative estimate of drug-likeness (QED) is 0.145. The average Bonchev–Trinajstić information content (AvgIpc) is 3.35. The molecule has 2 aromatic carbocycles. The average molecular weight is 517 g/mol. The largest absolute Gasteiger partial charge is 0.333 e. The van der Waals surface area contributed by atoms with Crippen molar-refractivity contribution >= 4 is 40.3 Å². The molecule has 4 aromatic rings. The van der Waals surface area contributed by atoms with E-state index < -0.39 is 0 Å². The highest BCUT2D eigenvalue weighted by atomic mass is 32.2. The van der Waals surface area contributed by atoms with E-state index in [1.807, 2.05) is 66.5 Å². The van der Waals surface area contributed by atoms with E-state index in [1.165, 1.54) is 10.5 Å². The van der Waals surface area contributed by atoms with Crippen molar-refractivity contribution in [3.8, 4) is 0 Å². The lowest BCUT2D eigenvalue weighted by atomic mass is 9.89. The number of nitrogens with one attached hydrogen (secondary N) is 1. The molecule has 3 heterocycles. The summed E-state index contributed by atoms with van der Waals surface area (Å²) in [5.41, 5.74) is 5.32. The highest BCUT2D eigenvalue weighted by molar-refractivity contribution is 7.99. The molecule has 5 rings (SSSR count). The summed E-state index contributed by atoms with van der Waals surface area (Å²) >= 11 is 3.63. The van der Waals surface area contributed by atoms with Crippen molar-refractivity contribution in [3.05, 3.63) is 83.7 Å². The minimum atomic E-state index is 0.174. The first-order chi connectivity index (χ1) is 17.7. The maximum atomic E-state index is 12.7. The van der Waals surface area contributed by atoms with Gasteiger partial charge in [-0.3, -0.25) is 9.78 Å². The molecule has 0 saturated carbocycles. The number of rotatable bonds is 10. The number of H-pyrrole nitrogens is 1. The molecule has 36 heavy (non-hydrogen) atoms. The van der Waals surface area contributed by atoms with Crippen molar-refractivity contribution < 1.29 is 4.79 Å². The number of thioether (sulfide) groups is 2. The maximum absolute atomic E-state index is 12.7. The third-order valence-corrected chi connectivity index (χ3v) is 9.00. The predicted molar refractivity (Wildman–Crippen MR) is 150 cm³/mol. The molecule has 0 spiro atoms. The fourth-order valence-electron chi connectivity index (χ4n) is 4.72. The number of aromatic nitrogens is 3. The Morgan fingerprint density at radius 1 is 1.03 bits per heavy atom. The number of carbonyl (C=O) groups excluding carboxylic acids is 1. The van der Waals surface area contributed by atoms with Gasteiger partial charge in [0.25, 0.3) is 0 Å². The standard InChI is InChI=1S/C29H32N4OS2/c1-21-26(20-36-29-31-24-10-5-6-11-25(24)32-29)30-15-12-27(21)35-19-7-16-33-17-13-23(14-18-33)28(34)22-8-3-2-4-9-22/h2-6,8-12,15,23H,7,13-14,16-20H2,1H3,(H,31,32). The Kier molecular flexibility index (Phi) is 8.41. The molecule has 1 aliphatic heterocycles. The van der Waals surface area contributed by atoms with E-state index in [4.69, 9.17) is 0 Å². The van der Waals surface area contributed by atoms with Crippen LogP contribution in [-0.2, 0) is 5.75 Å². The Labute approximate surface area is 221 Å². The molecular weight excluding hydrogens is 484 g/mol. The summed E-state index contributed by atoms with van der Waals surface area (Å²) in [6, 6.07) is 20.0. The number of aromatic amines is 1. The van der Waals surface area contributed by atoms with Crippen molar-refractivity contribution in [2.75, 3.05) is 25.4 Å². The first-order valence-electron chi connectivity index (χ1n) is 12.6. The van der Waals surface area contributed by atoms with Gasteiger partial charge in [0, 0.05) is 28.3 Å². The molecule has 5 nitrogen and oxygen atoms in total. The summed E-state index contributed by atoms with van der Waals surface area (Å²) < 4.78 is 0. The van der Waals surface area contributed by atoms with Crippen LogP contribution in [-0.4, -0.2) is 51.0 Å². The van der Waals surface area contributed by atoms with E-state index in [1.54, 1.807) is 11.8 Å². The maximum Gasteiger partial charge on any atom is 0.166 e. The van der Waals surface area contributed by atoms with E-state index in [0.29, 0.717) is 5.78 Å². The van der Waals surface area contributed by atoms with Gasteiger partial charge >= 0.3 is 0 Å². The van der Waals surface area contributed by atoms with Crippen molar-refractivity contribution in [1.82, 2.24) is 19.9 Å². The fraction of sp³-hybridized carbons (Fsp3) is 0.345. The lowest BCUT2D eigenvalue weighted by molar-refractivity contribution is 0.0840. The number of fused-ring (bicyclic) bond motifs is 1. The number of carbonyl (C=O) groups is 1. The Bertz CT molecular complexity index is 1270. The molecule has 0 atom stereocenters. The Hall–Kier alpha value is -2.61. The van der Waals surface area contributed by atoms with Gasteiger partial charge in [0.15, 0.2) is 10.9 Å². The third-order valence-electron chi connectivity index (χ3n) is 6.86. The summed E-state index contributed by atoms with van der Waals surface area (Å²) in [5.74, 6) is 2.38. The van der Waals surface area contributed by atoms with E-state index in [9.17, 15) is 4.79 Å².